The number of hydrogen-bond donors (Lipinski definition) is 1. The van der Waals surface area contributed by atoms with Crippen LogP contribution in [0.4, 0.5) is 0 Å². The summed E-state index contributed by atoms with van der Waals surface area (Å²) in [6.45, 7) is 4.63. The Balaban J connectivity index is 1.86. The van der Waals surface area contributed by atoms with Crippen LogP contribution in [-0.4, -0.2) is 27.6 Å². The molecule has 0 radical (unpaired) electrons. The van der Waals surface area contributed by atoms with Gasteiger partial charge in [0.1, 0.15) is 18.5 Å². The lowest BCUT2D eigenvalue weighted by molar-refractivity contribution is 0.0887. The van der Waals surface area contributed by atoms with Crippen LogP contribution >= 0.6 is 22.6 Å². The molecule has 1 N–H and O–H groups in total. The van der Waals surface area contributed by atoms with Crippen molar-refractivity contribution in [2.24, 2.45) is 0 Å². The molecule has 4 nitrogen and oxygen atoms in total. The first-order chi connectivity index (χ1) is 9.04. The summed E-state index contributed by atoms with van der Waals surface area (Å²) in [5.41, 5.74) is 2.01. The number of aryl methyl sites for hydroxylation is 2. The Labute approximate surface area is 126 Å². The zero-order valence-electron chi connectivity index (χ0n) is 11.0. The maximum absolute atomic E-state index is 9.96. The Bertz CT molecular complexity index is 537. The maximum Gasteiger partial charge on any atom is 0.119 e. The molecule has 0 aliphatic heterocycles. The van der Waals surface area contributed by atoms with Crippen molar-refractivity contribution in [3.05, 3.63) is 45.3 Å². The molecule has 0 aliphatic carbocycles. The molecule has 0 aliphatic rings. The van der Waals surface area contributed by atoms with E-state index in [1.807, 2.05) is 44.2 Å². The van der Waals surface area contributed by atoms with E-state index in [4.69, 9.17) is 4.74 Å². The summed E-state index contributed by atoms with van der Waals surface area (Å²) in [4.78, 5) is 0. The number of aromatic nitrogens is 2. The Morgan fingerprint density at radius 3 is 2.58 bits per heavy atom. The van der Waals surface area contributed by atoms with E-state index in [1.54, 1.807) is 4.68 Å². The van der Waals surface area contributed by atoms with Gasteiger partial charge in [0.15, 0.2) is 0 Å². The van der Waals surface area contributed by atoms with Crippen LogP contribution in [0.5, 0.6) is 5.75 Å². The van der Waals surface area contributed by atoms with Crippen LogP contribution in [-0.2, 0) is 6.54 Å². The monoisotopic (exact) mass is 372 g/mol. The molecule has 0 saturated heterocycles. The minimum absolute atomic E-state index is 0.263. The van der Waals surface area contributed by atoms with Gasteiger partial charge in [-0.3, -0.25) is 4.68 Å². The van der Waals surface area contributed by atoms with Crippen molar-refractivity contribution in [2.45, 2.75) is 26.5 Å². The minimum Gasteiger partial charge on any atom is -0.491 e. The second kappa shape index (κ2) is 6.38. The van der Waals surface area contributed by atoms with Crippen molar-refractivity contribution in [3.8, 4) is 5.75 Å². The molecule has 19 heavy (non-hydrogen) atoms. The fraction of sp³-hybridized carbons (Fsp3) is 0.357. The van der Waals surface area contributed by atoms with Crippen LogP contribution in [0.15, 0.2) is 30.3 Å². The van der Waals surface area contributed by atoms with Gasteiger partial charge in [0.05, 0.1) is 12.2 Å². The highest BCUT2D eigenvalue weighted by molar-refractivity contribution is 14.1. The lowest BCUT2D eigenvalue weighted by Gasteiger charge is -2.13. The predicted molar refractivity (Wildman–Crippen MR) is 82.4 cm³/mol. The Kier molecular flexibility index (Phi) is 4.81. The van der Waals surface area contributed by atoms with Crippen molar-refractivity contribution in [2.75, 3.05) is 6.61 Å². The van der Waals surface area contributed by atoms with Gasteiger partial charge >= 0.3 is 0 Å². The average molecular weight is 372 g/mol. The lowest BCUT2D eigenvalue weighted by Crippen LogP contribution is -2.24. The van der Waals surface area contributed by atoms with Gasteiger partial charge in [-0.1, -0.05) is 0 Å². The van der Waals surface area contributed by atoms with E-state index < -0.39 is 6.10 Å². The highest BCUT2D eigenvalue weighted by Crippen LogP contribution is 2.14. The molecule has 1 atom stereocenters. The highest BCUT2D eigenvalue weighted by Gasteiger charge is 2.09. The van der Waals surface area contributed by atoms with Crippen LogP contribution in [0.3, 0.4) is 0 Å². The summed E-state index contributed by atoms with van der Waals surface area (Å²) in [6.07, 6.45) is -0.572. The summed E-state index contributed by atoms with van der Waals surface area (Å²) in [7, 11) is 0. The van der Waals surface area contributed by atoms with E-state index >= 15 is 0 Å². The number of rotatable bonds is 5. The summed E-state index contributed by atoms with van der Waals surface area (Å²) < 4.78 is 8.51. The molecule has 0 saturated carbocycles. The van der Waals surface area contributed by atoms with Crippen LogP contribution in [0, 0.1) is 17.4 Å². The fourth-order valence-corrected chi connectivity index (χ4v) is 2.19. The van der Waals surface area contributed by atoms with E-state index in [0.29, 0.717) is 6.54 Å². The summed E-state index contributed by atoms with van der Waals surface area (Å²) in [6, 6.07) is 9.74. The third kappa shape index (κ3) is 4.21. The van der Waals surface area contributed by atoms with Crippen LogP contribution in [0.2, 0.25) is 0 Å². The molecule has 1 aromatic carbocycles. The van der Waals surface area contributed by atoms with Gasteiger partial charge in [-0.25, -0.2) is 0 Å². The van der Waals surface area contributed by atoms with E-state index in [9.17, 15) is 5.11 Å². The first-order valence-corrected chi connectivity index (χ1v) is 7.20. The van der Waals surface area contributed by atoms with Crippen molar-refractivity contribution < 1.29 is 9.84 Å². The topological polar surface area (TPSA) is 47.3 Å². The smallest absolute Gasteiger partial charge is 0.119 e. The molecule has 0 bridgehead atoms. The second-order valence-electron chi connectivity index (χ2n) is 4.53. The summed E-state index contributed by atoms with van der Waals surface area (Å²) in [5, 5.41) is 14.3. The van der Waals surface area contributed by atoms with Crippen molar-refractivity contribution in [1.82, 2.24) is 9.78 Å². The molecule has 2 aromatic rings. The number of nitrogens with zero attached hydrogens (tertiary/aromatic N) is 2. The Hall–Kier alpha value is -1.08. The molecule has 0 amide bonds. The third-order valence-corrected chi connectivity index (χ3v) is 3.46. The van der Waals surface area contributed by atoms with Gasteiger partial charge < -0.3 is 9.84 Å². The Morgan fingerprint density at radius 2 is 2.00 bits per heavy atom. The second-order valence-corrected chi connectivity index (χ2v) is 5.77. The number of halogens is 1. The van der Waals surface area contributed by atoms with Crippen molar-refractivity contribution in [3.63, 3.8) is 0 Å². The van der Waals surface area contributed by atoms with Gasteiger partial charge in [-0.2, -0.15) is 5.10 Å². The SMILES string of the molecule is Cc1cc(C)n(CC(O)COc2ccc(I)cc2)n1. The number of aliphatic hydroxyl groups is 1. The fourth-order valence-electron chi connectivity index (χ4n) is 1.84. The van der Waals surface area contributed by atoms with Gasteiger partial charge in [0.25, 0.3) is 0 Å². The zero-order valence-corrected chi connectivity index (χ0v) is 13.2. The van der Waals surface area contributed by atoms with Gasteiger partial charge in [0, 0.05) is 9.26 Å². The maximum atomic E-state index is 9.96. The standard InChI is InChI=1S/C14H17IN2O2/c1-10-7-11(2)17(16-10)8-13(18)9-19-14-5-3-12(15)4-6-14/h3-7,13,18H,8-9H2,1-2H3. The average Bonchev–Trinajstić information content (AvgIpc) is 2.67. The molecule has 1 unspecified atom stereocenters. The van der Waals surface area contributed by atoms with Crippen molar-refractivity contribution in [1.29, 1.82) is 0 Å². The van der Waals surface area contributed by atoms with E-state index in [0.717, 1.165) is 20.7 Å². The highest BCUT2D eigenvalue weighted by atomic mass is 127. The first kappa shape index (κ1) is 14.3. The number of ether oxygens (including phenoxy) is 1. The number of aliphatic hydroxyl groups excluding tert-OH is 1. The quantitative estimate of drug-likeness (QED) is 0.821. The van der Waals surface area contributed by atoms with Gasteiger partial charge in [-0.15, -0.1) is 0 Å². The third-order valence-electron chi connectivity index (χ3n) is 2.74. The molecule has 5 heteroatoms. The molecular formula is C14H17IN2O2. The van der Waals surface area contributed by atoms with Gasteiger partial charge in [0.2, 0.25) is 0 Å². The van der Waals surface area contributed by atoms with Crippen LogP contribution in [0.25, 0.3) is 0 Å². The zero-order chi connectivity index (χ0) is 13.8. The predicted octanol–water partition coefficient (Wildman–Crippen LogP) is 2.54. The molecule has 1 aromatic heterocycles. The number of benzene rings is 1. The van der Waals surface area contributed by atoms with Crippen molar-refractivity contribution >= 4 is 22.6 Å². The summed E-state index contributed by atoms with van der Waals surface area (Å²) >= 11 is 2.24. The van der Waals surface area contributed by atoms with E-state index in [1.165, 1.54) is 0 Å². The van der Waals surface area contributed by atoms with Gasteiger partial charge in [-0.05, 0) is 66.8 Å². The first-order valence-electron chi connectivity index (χ1n) is 6.12. The number of hydrogen-bond acceptors (Lipinski definition) is 3. The van der Waals surface area contributed by atoms with E-state index in [2.05, 4.69) is 27.7 Å². The lowest BCUT2D eigenvalue weighted by atomic mass is 10.3. The molecule has 1 heterocycles. The molecule has 2 rings (SSSR count). The largest absolute Gasteiger partial charge is 0.491 e. The molecular weight excluding hydrogens is 355 g/mol. The van der Waals surface area contributed by atoms with Crippen LogP contribution in [0.1, 0.15) is 11.4 Å². The van der Waals surface area contributed by atoms with Crippen LogP contribution < -0.4 is 4.74 Å². The van der Waals surface area contributed by atoms with E-state index in [-0.39, 0.29) is 6.61 Å². The summed E-state index contributed by atoms with van der Waals surface area (Å²) in [5.74, 6) is 0.771. The molecule has 0 fully saturated rings. The molecule has 102 valence electrons. The minimum atomic E-state index is -0.572. The normalized spacial score (nSPS) is 12.4. The molecule has 0 spiro atoms. The Morgan fingerprint density at radius 1 is 1.32 bits per heavy atom.